The molecule has 0 aromatic heterocycles. The number of hydrogen-bond donors (Lipinski definition) is 3. The van der Waals surface area contributed by atoms with E-state index in [0.29, 0.717) is 12.3 Å². The Bertz CT molecular complexity index is 621. The average Bonchev–Trinajstić information content (AvgIpc) is 2.70. The molecule has 0 bridgehead atoms. The highest BCUT2D eigenvalue weighted by atomic mass is 16.7. The summed E-state index contributed by atoms with van der Waals surface area (Å²) in [7, 11) is 0. The van der Waals surface area contributed by atoms with Crippen molar-refractivity contribution in [3.63, 3.8) is 0 Å². The predicted molar refractivity (Wildman–Crippen MR) is 115 cm³/mol. The molecule has 0 aromatic rings. The van der Waals surface area contributed by atoms with E-state index in [4.69, 9.17) is 28.4 Å². The summed E-state index contributed by atoms with van der Waals surface area (Å²) in [5.41, 5.74) is 0. The zero-order valence-corrected chi connectivity index (χ0v) is 20.3. The average molecular weight is 477 g/mol. The Morgan fingerprint density at radius 3 is 1.85 bits per heavy atom. The number of esters is 1. The van der Waals surface area contributed by atoms with E-state index in [2.05, 4.69) is 13.8 Å². The normalized spacial score (nSPS) is 46.8. The topological polar surface area (TPSA) is 133 Å². The van der Waals surface area contributed by atoms with Crippen LogP contribution in [0.2, 0.25) is 0 Å². The maximum absolute atomic E-state index is 11.3. The summed E-state index contributed by atoms with van der Waals surface area (Å²) in [6, 6.07) is 0. The van der Waals surface area contributed by atoms with E-state index in [0.717, 1.165) is 0 Å². The molecule has 10 nitrogen and oxygen atoms in total. The Balaban J connectivity index is 1.55. The van der Waals surface area contributed by atoms with Crippen LogP contribution < -0.4 is 0 Å². The summed E-state index contributed by atoms with van der Waals surface area (Å²) in [6.45, 7) is 10.7. The number of carbonyl (C=O) groups is 1. The van der Waals surface area contributed by atoms with Gasteiger partial charge in [0.15, 0.2) is 12.6 Å². The van der Waals surface area contributed by atoms with Crippen molar-refractivity contribution in [1.82, 2.24) is 0 Å². The van der Waals surface area contributed by atoms with Gasteiger partial charge in [-0.15, -0.1) is 0 Å². The number of ether oxygens (including phenoxy) is 6. The van der Waals surface area contributed by atoms with Gasteiger partial charge in [-0.1, -0.05) is 13.8 Å². The Kier molecular flexibility index (Phi) is 9.13. The van der Waals surface area contributed by atoms with Gasteiger partial charge >= 0.3 is 5.97 Å². The second kappa shape index (κ2) is 11.3. The molecule has 0 radical (unpaired) electrons. The van der Waals surface area contributed by atoms with Gasteiger partial charge in [0.25, 0.3) is 0 Å². The summed E-state index contributed by atoms with van der Waals surface area (Å²) in [5.74, 6) is -0.205. The SMILES string of the molecule is CC(=O)O[C@H]1C[C@H](O[C@H]2[C@@H](O)CC(O[C@H]3[C@@H](O)C[C@@H](C(C)C)O[C@@H]3C)O[C@@H]2C)O[C@H](C)[C@H]1O. The lowest BCUT2D eigenvalue weighted by Crippen LogP contribution is -2.56. The Hall–Kier alpha value is -0.850. The van der Waals surface area contributed by atoms with Crippen molar-refractivity contribution in [2.24, 2.45) is 5.92 Å². The van der Waals surface area contributed by atoms with Crippen molar-refractivity contribution in [3.8, 4) is 0 Å². The zero-order valence-electron chi connectivity index (χ0n) is 20.3. The molecule has 1 unspecified atom stereocenters. The highest BCUT2D eigenvalue weighted by molar-refractivity contribution is 5.66. The molecule has 3 heterocycles. The molecule has 3 rings (SSSR count). The number of rotatable bonds is 6. The van der Waals surface area contributed by atoms with Crippen molar-refractivity contribution < 1.29 is 48.5 Å². The molecule has 10 heteroatoms. The lowest BCUT2D eigenvalue weighted by Gasteiger charge is -2.45. The summed E-state index contributed by atoms with van der Waals surface area (Å²) in [6.07, 6.45) is -6.78. The first-order chi connectivity index (χ1) is 15.5. The molecule has 3 saturated heterocycles. The van der Waals surface area contributed by atoms with E-state index in [9.17, 15) is 20.1 Å². The van der Waals surface area contributed by atoms with E-state index < -0.39 is 67.4 Å². The minimum absolute atomic E-state index is 0.0309. The van der Waals surface area contributed by atoms with Crippen molar-refractivity contribution >= 4 is 5.97 Å². The quantitative estimate of drug-likeness (QED) is 0.474. The van der Waals surface area contributed by atoms with E-state index in [1.165, 1.54) is 6.92 Å². The van der Waals surface area contributed by atoms with Gasteiger partial charge in [0.1, 0.15) is 24.4 Å². The first kappa shape index (κ1) is 26.7. The molecular formula is C23H40O10. The Morgan fingerprint density at radius 1 is 0.818 bits per heavy atom. The third kappa shape index (κ3) is 6.64. The predicted octanol–water partition coefficient (Wildman–Crippen LogP) is 0.874. The first-order valence-corrected chi connectivity index (χ1v) is 11.9. The summed E-state index contributed by atoms with van der Waals surface area (Å²) < 4.78 is 34.9. The van der Waals surface area contributed by atoms with Crippen LogP contribution in [0.1, 0.15) is 60.8 Å². The van der Waals surface area contributed by atoms with Crippen LogP contribution >= 0.6 is 0 Å². The molecule has 3 aliphatic heterocycles. The van der Waals surface area contributed by atoms with Crippen molar-refractivity contribution in [3.05, 3.63) is 0 Å². The Labute approximate surface area is 195 Å². The molecular weight excluding hydrogens is 436 g/mol. The second-order valence-corrected chi connectivity index (χ2v) is 9.85. The first-order valence-electron chi connectivity index (χ1n) is 11.9. The van der Waals surface area contributed by atoms with E-state index in [1.807, 2.05) is 6.92 Å². The molecule has 192 valence electrons. The highest BCUT2D eigenvalue weighted by Crippen LogP contribution is 2.33. The minimum atomic E-state index is -0.960. The van der Waals surface area contributed by atoms with Gasteiger partial charge in [-0.3, -0.25) is 4.79 Å². The fourth-order valence-electron chi connectivity index (χ4n) is 4.81. The fraction of sp³-hybridized carbons (Fsp3) is 0.957. The van der Waals surface area contributed by atoms with E-state index >= 15 is 0 Å². The van der Waals surface area contributed by atoms with Crippen LogP contribution in [-0.2, 0) is 33.2 Å². The van der Waals surface area contributed by atoms with Crippen LogP contribution in [-0.4, -0.2) is 94.9 Å². The maximum atomic E-state index is 11.3. The highest BCUT2D eigenvalue weighted by Gasteiger charge is 2.45. The van der Waals surface area contributed by atoms with Crippen molar-refractivity contribution in [2.75, 3.05) is 0 Å². The number of aliphatic hydroxyl groups is 3. The molecule has 3 fully saturated rings. The largest absolute Gasteiger partial charge is 0.459 e. The van der Waals surface area contributed by atoms with Gasteiger partial charge in [-0.05, 0) is 26.7 Å². The van der Waals surface area contributed by atoms with Gasteiger partial charge in [-0.2, -0.15) is 0 Å². The lowest BCUT2D eigenvalue weighted by molar-refractivity contribution is -0.327. The Morgan fingerprint density at radius 2 is 1.33 bits per heavy atom. The molecule has 0 aromatic carbocycles. The van der Waals surface area contributed by atoms with Crippen molar-refractivity contribution in [2.45, 2.75) is 134 Å². The third-order valence-corrected chi connectivity index (χ3v) is 6.68. The number of aliphatic hydroxyl groups excluding tert-OH is 3. The molecule has 0 spiro atoms. The monoisotopic (exact) mass is 476 g/mol. The summed E-state index contributed by atoms with van der Waals surface area (Å²) >= 11 is 0. The molecule has 0 aliphatic carbocycles. The smallest absolute Gasteiger partial charge is 0.302 e. The minimum Gasteiger partial charge on any atom is -0.459 e. The van der Waals surface area contributed by atoms with Gasteiger partial charge in [0, 0.05) is 26.2 Å². The van der Waals surface area contributed by atoms with Crippen LogP contribution in [0.25, 0.3) is 0 Å². The number of hydrogen-bond acceptors (Lipinski definition) is 10. The zero-order chi connectivity index (χ0) is 24.4. The molecule has 3 aliphatic rings. The van der Waals surface area contributed by atoms with Crippen LogP contribution in [0, 0.1) is 5.92 Å². The number of carbonyl (C=O) groups excluding carboxylic acids is 1. The van der Waals surface area contributed by atoms with Gasteiger partial charge in [0.2, 0.25) is 0 Å². The van der Waals surface area contributed by atoms with Crippen LogP contribution in [0.15, 0.2) is 0 Å². The molecule has 3 N–H and O–H groups in total. The molecule has 0 amide bonds. The summed E-state index contributed by atoms with van der Waals surface area (Å²) in [5, 5.41) is 31.6. The second-order valence-electron chi connectivity index (χ2n) is 9.85. The van der Waals surface area contributed by atoms with Gasteiger partial charge in [0.05, 0.1) is 36.6 Å². The maximum Gasteiger partial charge on any atom is 0.302 e. The van der Waals surface area contributed by atoms with Gasteiger partial charge in [-0.25, -0.2) is 0 Å². The molecule has 12 atom stereocenters. The van der Waals surface area contributed by atoms with Crippen molar-refractivity contribution in [1.29, 1.82) is 0 Å². The van der Waals surface area contributed by atoms with Crippen LogP contribution in [0.4, 0.5) is 0 Å². The third-order valence-electron chi connectivity index (χ3n) is 6.68. The van der Waals surface area contributed by atoms with Gasteiger partial charge < -0.3 is 43.7 Å². The van der Waals surface area contributed by atoms with Crippen LogP contribution in [0.5, 0.6) is 0 Å². The molecule has 33 heavy (non-hydrogen) atoms. The fourth-order valence-corrected chi connectivity index (χ4v) is 4.81. The standard InChI is InChI=1S/C23H40O10/c1-10(2)17-7-15(25)22(12(4)28-17)32-19-8-16(26)23(13(5)30-19)33-20-9-18(31-14(6)24)21(27)11(3)29-20/h10-13,15-23,25-27H,7-9H2,1-6H3/t11-,12-,13-,15+,16+,17+,18+,19?,20+,21-,22-,23-/m1/s1. The lowest BCUT2D eigenvalue weighted by atomic mass is 9.92. The van der Waals surface area contributed by atoms with E-state index in [-0.39, 0.29) is 25.0 Å². The summed E-state index contributed by atoms with van der Waals surface area (Å²) in [4.78, 5) is 11.3. The van der Waals surface area contributed by atoms with Crippen LogP contribution in [0.3, 0.4) is 0 Å². The van der Waals surface area contributed by atoms with E-state index in [1.54, 1.807) is 13.8 Å². The molecule has 0 saturated carbocycles.